The van der Waals surface area contributed by atoms with Crippen LogP contribution in [0.15, 0.2) is 85.0 Å². The fourth-order valence-corrected chi connectivity index (χ4v) is 2.21. The van der Waals surface area contributed by atoms with E-state index in [1.165, 1.54) is 0 Å². The van der Waals surface area contributed by atoms with E-state index in [4.69, 9.17) is 33.4 Å². The summed E-state index contributed by atoms with van der Waals surface area (Å²) in [4.78, 5) is 0. The van der Waals surface area contributed by atoms with Crippen LogP contribution in [0.5, 0.6) is 11.5 Å². The number of alkyl halides is 2. The molecule has 4 rings (SSSR count). The van der Waals surface area contributed by atoms with E-state index >= 15 is 0 Å². The van der Waals surface area contributed by atoms with E-state index in [1.54, 1.807) is 48.5 Å². The van der Waals surface area contributed by atoms with Gasteiger partial charge in [0.15, 0.2) is 0 Å². The molecule has 2 aromatic carbocycles. The molecule has 0 unspecified atom stereocenters. The summed E-state index contributed by atoms with van der Waals surface area (Å²) in [6, 6.07) is 13.7. The van der Waals surface area contributed by atoms with Crippen LogP contribution in [0.25, 0.3) is 0 Å². The zero-order chi connectivity index (χ0) is 20.5. The van der Waals surface area contributed by atoms with Gasteiger partial charge in [-0.1, -0.05) is 24.3 Å². The molecule has 2 nitrogen and oxygen atoms in total. The fraction of sp³-hybridized carbons (Fsp3) is 0.167. The van der Waals surface area contributed by atoms with Crippen LogP contribution in [-0.2, 0) is 38.0 Å². The molecule has 29 heavy (non-hydrogen) atoms. The third-order valence-electron chi connectivity index (χ3n) is 3.35. The van der Waals surface area contributed by atoms with Crippen molar-refractivity contribution in [2.24, 2.45) is 0 Å². The van der Waals surface area contributed by atoms with E-state index in [1.807, 2.05) is 24.3 Å². The van der Waals surface area contributed by atoms with E-state index in [0.717, 1.165) is 24.0 Å². The SMILES string of the molecule is Oc1ccc(CCl)cc1.Oc1ccc(CCl)cc1.[C-]1=CC=CC1.[C-]1=CC=CC1.[Zr+2]. The Bertz CT molecular complexity index is 677. The molecule has 2 aromatic rings. The summed E-state index contributed by atoms with van der Waals surface area (Å²) in [6.07, 6.45) is 20.0. The van der Waals surface area contributed by atoms with Crippen LogP contribution in [0.1, 0.15) is 24.0 Å². The Morgan fingerprint density at radius 2 is 1.00 bits per heavy atom. The van der Waals surface area contributed by atoms with Crippen LogP contribution in [0, 0.1) is 12.2 Å². The molecule has 0 spiro atoms. The molecule has 0 radical (unpaired) electrons. The minimum absolute atomic E-state index is 0. The van der Waals surface area contributed by atoms with Gasteiger partial charge in [-0.25, -0.2) is 24.3 Å². The van der Waals surface area contributed by atoms with Crippen molar-refractivity contribution in [2.45, 2.75) is 24.6 Å². The van der Waals surface area contributed by atoms with Crippen molar-refractivity contribution in [3.8, 4) is 11.5 Å². The minimum atomic E-state index is 0. The van der Waals surface area contributed by atoms with Gasteiger partial charge < -0.3 is 10.2 Å². The van der Waals surface area contributed by atoms with Gasteiger partial charge in [-0.3, -0.25) is 12.2 Å². The van der Waals surface area contributed by atoms with Gasteiger partial charge in [0.05, 0.1) is 0 Å². The molecule has 0 aromatic heterocycles. The fourth-order valence-electron chi connectivity index (χ4n) is 1.85. The molecule has 0 bridgehead atoms. The third-order valence-corrected chi connectivity index (χ3v) is 3.97. The molecule has 0 amide bonds. The second-order valence-electron chi connectivity index (χ2n) is 5.61. The first kappa shape index (κ1) is 27.5. The topological polar surface area (TPSA) is 40.5 Å². The van der Waals surface area contributed by atoms with Crippen LogP contribution in [-0.4, -0.2) is 10.2 Å². The van der Waals surface area contributed by atoms with Crippen molar-refractivity contribution < 1.29 is 36.4 Å². The normalized spacial score (nSPS) is 11.9. The van der Waals surface area contributed by atoms with Crippen molar-refractivity contribution in [3.63, 3.8) is 0 Å². The summed E-state index contributed by atoms with van der Waals surface area (Å²) in [5, 5.41) is 17.6. The van der Waals surface area contributed by atoms with E-state index < -0.39 is 0 Å². The van der Waals surface area contributed by atoms with Crippen LogP contribution >= 0.6 is 23.2 Å². The standard InChI is InChI=1S/2C7H7ClO.2C5H5.Zr/c2*8-5-6-1-3-7(9)4-2-6;2*1-2-4-5-3-1;/h2*1-4,9H,5H2;2*1-3H,4H2;/q;;2*-1;+2. The Labute approximate surface area is 203 Å². The van der Waals surface area contributed by atoms with Gasteiger partial charge >= 0.3 is 26.2 Å². The molecule has 0 heterocycles. The van der Waals surface area contributed by atoms with Crippen LogP contribution in [0.3, 0.4) is 0 Å². The van der Waals surface area contributed by atoms with Crippen molar-refractivity contribution in [3.05, 3.63) is 108 Å². The third kappa shape index (κ3) is 15.0. The molecule has 0 atom stereocenters. The molecule has 2 aliphatic rings. The van der Waals surface area contributed by atoms with Crippen molar-refractivity contribution in [2.75, 3.05) is 0 Å². The maximum Gasteiger partial charge on any atom is 2.00 e. The number of halogens is 2. The summed E-state index contributed by atoms with van der Waals surface area (Å²) in [7, 11) is 0. The van der Waals surface area contributed by atoms with E-state index in [-0.39, 0.29) is 37.7 Å². The quantitative estimate of drug-likeness (QED) is 0.345. The molecule has 2 N–H and O–H groups in total. The van der Waals surface area contributed by atoms with Crippen LogP contribution in [0.4, 0.5) is 0 Å². The first-order valence-electron chi connectivity index (χ1n) is 8.77. The Balaban J connectivity index is 0.000000369. The molecule has 2 aliphatic carbocycles. The average Bonchev–Trinajstić information content (AvgIpc) is 3.48. The zero-order valence-electron chi connectivity index (χ0n) is 16.1. The Morgan fingerprint density at radius 1 is 0.655 bits per heavy atom. The number of hydrogen-bond acceptors (Lipinski definition) is 2. The van der Waals surface area contributed by atoms with Crippen molar-refractivity contribution >= 4 is 23.2 Å². The molecule has 0 saturated carbocycles. The van der Waals surface area contributed by atoms with E-state index in [0.29, 0.717) is 11.8 Å². The van der Waals surface area contributed by atoms with Gasteiger partial charge in [-0.05, 0) is 35.4 Å². The first-order valence-corrected chi connectivity index (χ1v) is 9.83. The number of phenols is 2. The largest absolute Gasteiger partial charge is 2.00 e. The number of benzene rings is 2. The number of phenolic OH excluding ortho intramolecular Hbond substituents is 2. The molecule has 0 fully saturated rings. The van der Waals surface area contributed by atoms with Crippen molar-refractivity contribution in [1.29, 1.82) is 0 Å². The molecule has 0 aliphatic heterocycles. The first-order chi connectivity index (χ1) is 13.7. The van der Waals surface area contributed by atoms with Gasteiger partial charge in [0.2, 0.25) is 0 Å². The van der Waals surface area contributed by atoms with Crippen molar-refractivity contribution in [1.82, 2.24) is 0 Å². The summed E-state index contributed by atoms with van der Waals surface area (Å²) in [5.41, 5.74) is 2.05. The van der Waals surface area contributed by atoms with Crippen LogP contribution in [0.2, 0.25) is 0 Å². The number of rotatable bonds is 2. The molecular formula is C24H24Cl2O2Zr. The minimum Gasteiger partial charge on any atom is -0.508 e. The molecule has 150 valence electrons. The maximum atomic E-state index is 8.81. The maximum absolute atomic E-state index is 8.81. The van der Waals surface area contributed by atoms with Gasteiger partial charge in [-0.2, -0.15) is 12.2 Å². The zero-order valence-corrected chi connectivity index (χ0v) is 20.0. The Morgan fingerprint density at radius 3 is 1.17 bits per heavy atom. The predicted octanol–water partition coefficient (Wildman–Crippen LogP) is 6.87. The van der Waals surface area contributed by atoms with Gasteiger partial charge in [0.1, 0.15) is 11.5 Å². The average molecular weight is 507 g/mol. The predicted molar refractivity (Wildman–Crippen MR) is 118 cm³/mol. The molecule has 0 saturated heterocycles. The molecule has 5 heteroatoms. The summed E-state index contributed by atoms with van der Waals surface area (Å²) < 4.78 is 0. The number of aromatic hydroxyl groups is 2. The second kappa shape index (κ2) is 18.5. The number of hydrogen-bond donors (Lipinski definition) is 2. The number of allylic oxidation sites excluding steroid dienone is 8. The van der Waals surface area contributed by atoms with E-state index in [2.05, 4.69) is 24.3 Å². The van der Waals surface area contributed by atoms with Gasteiger partial charge in [0.25, 0.3) is 0 Å². The van der Waals surface area contributed by atoms with Crippen LogP contribution < -0.4 is 0 Å². The summed E-state index contributed by atoms with van der Waals surface area (Å²) in [5.74, 6) is 1.56. The molecular weight excluding hydrogens is 482 g/mol. The summed E-state index contributed by atoms with van der Waals surface area (Å²) >= 11 is 11.0. The second-order valence-corrected chi connectivity index (χ2v) is 6.14. The Hall–Kier alpha value is -1.54. The van der Waals surface area contributed by atoms with E-state index in [9.17, 15) is 0 Å². The van der Waals surface area contributed by atoms with Gasteiger partial charge in [0, 0.05) is 11.8 Å². The monoisotopic (exact) mass is 504 g/mol. The Kier molecular flexibility index (Phi) is 17.5. The summed E-state index contributed by atoms with van der Waals surface area (Å²) in [6.45, 7) is 0. The smallest absolute Gasteiger partial charge is 0.508 e. The van der Waals surface area contributed by atoms with Gasteiger partial charge in [-0.15, -0.1) is 36.0 Å².